The van der Waals surface area contributed by atoms with Crippen molar-refractivity contribution in [2.45, 2.75) is 20.3 Å². The molecule has 3 aliphatic rings. The van der Waals surface area contributed by atoms with Gasteiger partial charge < -0.3 is 5.11 Å². The van der Waals surface area contributed by atoms with Crippen LogP contribution in [-0.4, -0.2) is 10.9 Å². The minimum absolute atomic E-state index is 0.102. The van der Waals surface area contributed by atoms with Crippen molar-refractivity contribution in [3.63, 3.8) is 0 Å². The van der Waals surface area contributed by atoms with E-state index in [2.05, 4.69) is 13.8 Å². The summed E-state index contributed by atoms with van der Waals surface area (Å²) in [6.45, 7) is 4.36. The van der Waals surface area contributed by atoms with E-state index in [-0.39, 0.29) is 22.9 Å². The Hall–Kier alpha value is -1.83. The molecule has 0 radical (unpaired) electrons. The molecule has 0 aromatic heterocycles. The molecule has 2 nitrogen and oxygen atoms in total. The van der Waals surface area contributed by atoms with E-state index in [1.165, 1.54) is 0 Å². The summed E-state index contributed by atoms with van der Waals surface area (Å²) in [5.74, 6) is 1.24. The molecule has 98 valence electrons. The number of hydrogen-bond donors (Lipinski definition) is 1. The van der Waals surface area contributed by atoms with Crippen molar-refractivity contribution in [1.29, 1.82) is 0 Å². The summed E-state index contributed by atoms with van der Waals surface area (Å²) >= 11 is 0. The van der Waals surface area contributed by atoms with Gasteiger partial charge in [0.05, 0.1) is 0 Å². The van der Waals surface area contributed by atoms with Gasteiger partial charge in [0.15, 0.2) is 5.78 Å². The lowest BCUT2D eigenvalue weighted by Crippen LogP contribution is -2.52. The molecule has 1 fully saturated rings. The van der Waals surface area contributed by atoms with Gasteiger partial charge in [-0.2, -0.15) is 0 Å². The summed E-state index contributed by atoms with van der Waals surface area (Å²) in [4.78, 5) is 12.0. The van der Waals surface area contributed by atoms with Gasteiger partial charge in [0.25, 0.3) is 0 Å². The van der Waals surface area contributed by atoms with Gasteiger partial charge in [0.2, 0.25) is 0 Å². The van der Waals surface area contributed by atoms with Crippen molar-refractivity contribution in [1.82, 2.24) is 0 Å². The second kappa shape index (κ2) is 4.09. The second-order valence-electron chi connectivity index (χ2n) is 6.14. The molecule has 0 amide bonds. The lowest BCUT2D eigenvalue weighted by molar-refractivity contribution is -0.133. The normalized spacial score (nSPS) is 28.1. The van der Waals surface area contributed by atoms with Crippen LogP contribution >= 0.6 is 0 Å². The number of phenols is 1. The Kier molecular flexibility index (Phi) is 2.63. The topological polar surface area (TPSA) is 37.3 Å². The van der Waals surface area contributed by atoms with Gasteiger partial charge in [-0.15, -0.1) is 0 Å². The third kappa shape index (κ3) is 1.92. The molecule has 1 saturated carbocycles. The number of fused-ring (bicyclic) bond motifs is 1. The van der Waals surface area contributed by atoms with E-state index in [1.807, 2.05) is 24.3 Å². The van der Waals surface area contributed by atoms with Gasteiger partial charge in [-0.1, -0.05) is 38.1 Å². The fourth-order valence-corrected chi connectivity index (χ4v) is 3.32. The van der Waals surface area contributed by atoms with Crippen LogP contribution in [0.25, 0.3) is 6.08 Å². The van der Waals surface area contributed by atoms with Crippen LogP contribution in [-0.2, 0) is 4.79 Å². The number of hydrogen-bond acceptors (Lipinski definition) is 2. The van der Waals surface area contributed by atoms with Gasteiger partial charge in [0.1, 0.15) is 5.75 Å². The molecule has 1 N–H and O–H groups in total. The zero-order chi connectivity index (χ0) is 13.6. The van der Waals surface area contributed by atoms with Crippen LogP contribution < -0.4 is 0 Å². The van der Waals surface area contributed by atoms with Crippen LogP contribution in [0.15, 0.2) is 42.0 Å². The summed E-state index contributed by atoms with van der Waals surface area (Å²) in [7, 11) is 0. The highest BCUT2D eigenvalue weighted by atomic mass is 16.3. The van der Waals surface area contributed by atoms with Crippen molar-refractivity contribution < 1.29 is 9.90 Å². The first kappa shape index (κ1) is 12.2. The first-order valence-electron chi connectivity index (χ1n) is 6.71. The zero-order valence-electron chi connectivity index (χ0n) is 11.3. The average molecular weight is 254 g/mol. The molecule has 19 heavy (non-hydrogen) atoms. The van der Waals surface area contributed by atoms with Crippen LogP contribution in [0.1, 0.15) is 25.8 Å². The molecule has 3 aliphatic carbocycles. The summed E-state index contributed by atoms with van der Waals surface area (Å²) < 4.78 is 0. The van der Waals surface area contributed by atoms with E-state index in [4.69, 9.17) is 0 Å². The number of carbonyl (C=O) groups is 1. The van der Waals surface area contributed by atoms with E-state index >= 15 is 0 Å². The van der Waals surface area contributed by atoms with E-state index in [0.717, 1.165) is 17.6 Å². The summed E-state index contributed by atoms with van der Waals surface area (Å²) in [6.07, 6.45) is 6.77. The molecule has 2 heteroatoms. The standard InChI is InChI=1S/C17H18O2/c1-17(2)14-10-15(17)16(19)9-12(14)7-6-11-4-3-5-13(18)8-11/h3-9,14-15,18H,10H2,1-2H3/b7-6+/t14-,15+/m1/s1. The molecule has 2 atom stereocenters. The van der Waals surface area contributed by atoms with Crippen molar-refractivity contribution >= 4 is 11.9 Å². The van der Waals surface area contributed by atoms with Crippen molar-refractivity contribution in [2.75, 3.05) is 0 Å². The van der Waals surface area contributed by atoms with Gasteiger partial charge in [-0.25, -0.2) is 0 Å². The third-order valence-electron chi connectivity index (χ3n) is 4.66. The number of phenolic OH excluding ortho intramolecular Hbond substituents is 1. The lowest BCUT2D eigenvalue weighted by atomic mass is 9.48. The Morgan fingerprint density at radius 2 is 2.05 bits per heavy atom. The molecule has 0 unspecified atom stereocenters. The quantitative estimate of drug-likeness (QED) is 0.876. The largest absolute Gasteiger partial charge is 0.508 e. The maximum atomic E-state index is 12.0. The molecule has 4 rings (SSSR count). The highest BCUT2D eigenvalue weighted by Crippen LogP contribution is 2.58. The highest BCUT2D eigenvalue weighted by molar-refractivity contribution is 5.96. The Morgan fingerprint density at radius 3 is 2.68 bits per heavy atom. The minimum Gasteiger partial charge on any atom is -0.508 e. The maximum Gasteiger partial charge on any atom is 0.159 e. The van der Waals surface area contributed by atoms with Crippen molar-refractivity contribution in [3.8, 4) is 5.75 Å². The number of carbonyl (C=O) groups excluding carboxylic acids is 1. The van der Waals surface area contributed by atoms with E-state index in [1.54, 1.807) is 18.2 Å². The van der Waals surface area contributed by atoms with Gasteiger partial charge in [-0.3, -0.25) is 4.79 Å². The first-order chi connectivity index (χ1) is 8.98. The highest BCUT2D eigenvalue weighted by Gasteiger charge is 2.54. The fraction of sp³-hybridized carbons (Fsp3) is 0.353. The Labute approximate surface area is 113 Å². The van der Waals surface area contributed by atoms with E-state index < -0.39 is 0 Å². The van der Waals surface area contributed by atoms with Crippen LogP contribution in [0.4, 0.5) is 0 Å². The number of aromatic hydroxyl groups is 1. The fourth-order valence-electron chi connectivity index (χ4n) is 3.32. The molecule has 0 heterocycles. The molecule has 2 bridgehead atoms. The van der Waals surface area contributed by atoms with Gasteiger partial charge in [-0.05, 0) is 47.1 Å². The van der Waals surface area contributed by atoms with Crippen molar-refractivity contribution in [3.05, 3.63) is 47.6 Å². The Balaban J connectivity index is 1.86. The van der Waals surface area contributed by atoms with Gasteiger partial charge >= 0.3 is 0 Å². The van der Waals surface area contributed by atoms with Crippen LogP contribution in [0.5, 0.6) is 5.75 Å². The van der Waals surface area contributed by atoms with E-state index in [0.29, 0.717) is 5.92 Å². The van der Waals surface area contributed by atoms with Crippen molar-refractivity contribution in [2.24, 2.45) is 17.3 Å². The van der Waals surface area contributed by atoms with Crippen LogP contribution in [0.2, 0.25) is 0 Å². The predicted octanol–water partition coefficient (Wildman–Crippen LogP) is 3.58. The van der Waals surface area contributed by atoms with E-state index in [9.17, 15) is 9.90 Å². The molecule has 0 aliphatic heterocycles. The summed E-state index contributed by atoms with van der Waals surface area (Å²) in [5, 5.41) is 9.43. The maximum absolute atomic E-state index is 12.0. The molecule has 1 aromatic carbocycles. The smallest absolute Gasteiger partial charge is 0.159 e. The summed E-state index contributed by atoms with van der Waals surface area (Å²) in [6, 6.07) is 7.13. The first-order valence-corrected chi connectivity index (χ1v) is 6.71. The zero-order valence-corrected chi connectivity index (χ0v) is 11.3. The lowest BCUT2D eigenvalue weighted by Gasteiger charge is -2.54. The average Bonchev–Trinajstić information content (AvgIpc) is 2.35. The van der Waals surface area contributed by atoms with Crippen LogP contribution in [0, 0.1) is 17.3 Å². The Bertz CT molecular complexity index is 593. The Morgan fingerprint density at radius 1 is 1.26 bits per heavy atom. The molecule has 1 aromatic rings. The number of ketones is 1. The molecular formula is C17H18O2. The SMILES string of the molecule is CC1(C)[C@@H]2C[C@H]1C(=O)C=C2/C=C/c1cccc(O)c1. The minimum atomic E-state index is 0.102. The molecular weight excluding hydrogens is 236 g/mol. The summed E-state index contributed by atoms with van der Waals surface area (Å²) in [5.41, 5.74) is 2.18. The van der Waals surface area contributed by atoms with Crippen LogP contribution in [0.3, 0.4) is 0 Å². The molecule has 0 spiro atoms. The monoisotopic (exact) mass is 254 g/mol. The predicted molar refractivity (Wildman–Crippen MR) is 75.6 cm³/mol. The number of rotatable bonds is 2. The third-order valence-corrected chi connectivity index (χ3v) is 4.66. The number of allylic oxidation sites excluding steroid dienone is 3. The number of benzene rings is 1. The molecule has 0 saturated heterocycles. The second-order valence-corrected chi connectivity index (χ2v) is 6.14. The van der Waals surface area contributed by atoms with Gasteiger partial charge in [0, 0.05) is 5.92 Å².